The van der Waals surface area contributed by atoms with Crippen LogP contribution < -0.4 is 15.5 Å². The van der Waals surface area contributed by atoms with Crippen molar-refractivity contribution in [3.63, 3.8) is 0 Å². The SMILES string of the molecule is CN=C(NCCc1ccc(Cl)nc1)NCCc1csc(N2CCCC2)n1. The van der Waals surface area contributed by atoms with Crippen LogP contribution in [0.1, 0.15) is 24.1 Å². The lowest BCUT2D eigenvalue weighted by Gasteiger charge is -2.12. The molecule has 6 nitrogen and oxygen atoms in total. The van der Waals surface area contributed by atoms with Gasteiger partial charge in [-0.2, -0.15) is 0 Å². The Morgan fingerprint density at radius 2 is 2.00 bits per heavy atom. The predicted molar refractivity (Wildman–Crippen MR) is 110 cm³/mol. The van der Waals surface area contributed by atoms with E-state index in [0.717, 1.165) is 61.4 Å². The van der Waals surface area contributed by atoms with E-state index in [0.29, 0.717) is 5.15 Å². The summed E-state index contributed by atoms with van der Waals surface area (Å²) in [6, 6.07) is 3.81. The van der Waals surface area contributed by atoms with E-state index >= 15 is 0 Å². The molecule has 0 saturated carbocycles. The summed E-state index contributed by atoms with van der Waals surface area (Å²) in [7, 11) is 1.79. The minimum absolute atomic E-state index is 0.522. The fourth-order valence-electron chi connectivity index (χ4n) is 2.87. The molecule has 26 heavy (non-hydrogen) atoms. The Labute approximate surface area is 163 Å². The number of aliphatic imine (C=N–C) groups is 1. The van der Waals surface area contributed by atoms with Crippen molar-refractivity contribution in [3.8, 4) is 0 Å². The van der Waals surface area contributed by atoms with E-state index in [4.69, 9.17) is 16.6 Å². The second kappa shape index (κ2) is 9.73. The second-order valence-corrected chi connectivity index (χ2v) is 7.45. The standard InChI is InChI=1S/C18H25ClN6S/c1-20-17(21-8-6-14-4-5-16(19)23-12-14)22-9-7-15-13-26-18(24-15)25-10-2-3-11-25/h4-5,12-13H,2-3,6-11H2,1H3,(H2,20,21,22). The lowest BCUT2D eigenvalue weighted by atomic mass is 10.2. The van der Waals surface area contributed by atoms with Crippen LogP contribution in [-0.4, -0.2) is 49.2 Å². The number of hydrogen-bond donors (Lipinski definition) is 2. The summed E-state index contributed by atoms with van der Waals surface area (Å²) in [5.41, 5.74) is 2.29. The lowest BCUT2D eigenvalue weighted by molar-refractivity contribution is 0.776. The lowest BCUT2D eigenvalue weighted by Crippen LogP contribution is -2.39. The molecule has 0 amide bonds. The zero-order valence-corrected chi connectivity index (χ0v) is 16.6. The molecule has 0 unspecified atom stereocenters. The highest BCUT2D eigenvalue weighted by Crippen LogP contribution is 2.24. The second-order valence-electron chi connectivity index (χ2n) is 6.23. The summed E-state index contributed by atoms with van der Waals surface area (Å²) in [5.74, 6) is 0.807. The summed E-state index contributed by atoms with van der Waals surface area (Å²) >= 11 is 7.55. The third-order valence-electron chi connectivity index (χ3n) is 4.31. The topological polar surface area (TPSA) is 65.4 Å². The molecule has 3 rings (SSSR count). The molecule has 8 heteroatoms. The zero-order chi connectivity index (χ0) is 18.2. The van der Waals surface area contributed by atoms with E-state index in [-0.39, 0.29) is 0 Å². The van der Waals surface area contributed by atoms with Crippen molar-refractivity contribution < 1.29 is 0 Å². The summed E-state index contributed by atoms with van der Waals surface area (Å²) in [4.78, 5) is 15.5. The number of thiazole rings is 1. The van der Waals surface area contributed by atoms with Crippen molar-refractivity contribution >= 4 is 34.0 Å². The Bertz CT molecular complexity index is 709. The third-order valence-corrected chi connectivity index (χ3v) is 5.48. The number of guanidine groups is 1. The summed E-state index contributed by atoms with van der Waals surface area (Å²) in [6.45, 7) is 3.89. The van der Waals surface area contributed by atoms with E-state index in [2.05, 4.69) is 30.9 Å². The number of aromatic nitrogens is 2. The molecule has 0 spiro atoms. The Balaban J connectivity index is 1.36. The van der Waals surface area contributed by atoms with Crippen molar-refractivity contribution in [1.82, 2.24) is 20.6 Å². The highest BCUT2D eigenvalue weighted by atomic mass is 35.5. The predicted octanol–water partition coefficient (Wildman–Crippen LogP) is 2.74. The Morgan fingerprint density at radius 3 is 2.69 bits per heavy atom. The van der Waals surface area contributed by atoms with Crippen LogP contribution in [0.4, 0.5) is 5.13 Å². The van der Waals surface area contributed by atoms with Crippen molar-refractivity contribution in [3.05, 3.63) is 40.1 Å². The molecule has 2 aromatic heterocycles. The monoisotopic (exact) mass is 392 g/mol. The molecule has 0 bridgehead atoms. The van der Waals surface area contributed by atoms with Crippen LogP contribution in [0, 0.1) is 0 Å². The summed E-state index contributed by atoms with van der Waals surface area (Å²) in [5, 5.41) is 10.5. The normalized spacial score (nSPS) is 14.7. The van der Waals surface area contributed by atoms with Gasteiger partial charge in [-0.05, 0) is 30.9 Å². The van der Waals surface area contributed by atoms with Gasteiger partial charge in [-0.3, -0.25) is 4.99 Å². The number of hydrogen-bond acceptors (Lipinski definition) is 5. The average Bonchev–Trinajstić information content (AvgIpc) is 3.33. The van der Waals surface area contributed by atoms with Gasteiger partial charge in [0.15, 0.2) is 11.1 Å². The van der Waals surface area contributed by atoms with Gasteiger partial charge in [-0.25, -0.2) is 9.97 Å². The number of nitrogens with zero attached hydrogens (tertiary/aromatic N) is 4. The number of anilines is 1. The van der Waals surface area contributed by atoms with E-state index in [1.54, 1.807) is 24.6 Å². The van der Waals surface area contributed by atoms with Gasteiger partial charge >= 0.3 is 0 Å². The van der Waals surface area contributed by atoms with Gasteiger partial charge in [-0.15, -0.1) is 11.3 Å². The molecule has 1 fully saturated rings. The first-order valence-corrected chi connectivity index (χ1v) is 10.2. The first-order chi connectivity index (χ1) is 12.7. The molecule has 2 N–H and O–H groups in total. The van der Waals surface area contributed by atoms with Crippen LogP contribution in [0.25, 0.3) is 0 Å². The van der Waals surface area contributed by atoms with Crippen LogP contribution in [0.5, 0.6) is 0 Å². The van der Waals surface area contributed by atoms with Crippen LogP contribution in [-0.2, 0) is 12.8 Å². The average molecular weight is 393 g/mol. The molecule has 1 saturated heterocycles. The van der Waals surface area contributed by atoms with Crippen molar-refractivity contribution in [2.24, 2.45) is 4.99 Å². The number of pyridine rings is 1. The van der Waals surface area contributed by atoms with Gasteiger partial charge in [0.2, 0.25) is 0 Å². The minimum atomic E-state index is 0.522. The number of rotatable bonds is 7. The van der Waals surface area contributed by atoms with Crippen LogP contribution in [0.3, 0.4) is 0 Å². The quantitative estimate of drug-likeness (QED) is 0.431. The molecule has 1 aliphatic heterocycles. The smallest absolute Gasteiger partial charge is 0.190 e. The molecule has 0 radical (unpaired) electrons. The first kappa shape index (κ1) is 18.9. The molecule has 2 aromatic rings. The molecular formula is C18H25ClN6S. The van der Waals surface area contributed by atoms with Crippen molar-refractivity contribution in [2.75, 3.05) is 38.1 Å². The van der Waals surface area contributed by atoms with Gasteiger partial charge in [0.05, 0.1) is 5.69 Å². The molecule has 0 atom stereocenters. The molecular weight excluding hydrogens is 368 g/mol. The Morgan fingerprint density at radius 1 is 1.23 bits per heavy atom. The molecule has 0 aliphatic carbocycles. The third kappa shape index (κ3) is 5.57. The van der Waals surface area contributed by atoms with Crippen LogP contribution in [0.15, 0.2) is 28.7 Å². The highest BCUT2D eigenvalue weighted by molar-refractivity contribution is 7.13. The van der Waals surface area contributed by atoms with E-state index in [9.17, 15) is 0 Å². The molecule has 0 aromatic carbocycles. The maximum absolute atomic E-state index is 5.80. The minimum Gasteiger partial charge on any atom is -0.356 e. The zero-order valence-electron chi connectivity index (χ0n) is 15.0. The van der Waals surface area contributed by atoms with Crippen LogP contribution in [0.2, 0.25) is 5.15 Å². The fraction of sp³-hybridized carbons (Fsp3) is 0.500. The highest BCUT2D eigenvalue weighted by Gasteiger charge is 2.15. The van der Waals surface area contributed by atoms with E-state index in [1.165, 1.54) is 12.8 Å². The van der Waals surface area contributed by atoms with Crippen LogP contribution >= 0.6 is 22.9 Å². The number of halogens is 1. The summed E-state index contributed by atoms with van der Waals surface area (Å²) < 4.78 is 0. The van der Waals surface area contributed by atoms with Gasteiger partial charge in [0, 0.05) is 51.2 Å². The van der Waals surface area contributed by atoms with Crippen molar-refractivity contribution in [1.29, 1.82) is 0 Å². The molecule has 1 aliphatic rings. The molecule has 140 valence electrons. The first-order valence-electron chi connectivity index (χ1n) is 8.99. The van der Waals surface area contributed by atoms with Gasteiger partial charge in [0.1, 0.15) is 5.15 Å². The van der Waals surface area contributed by atoms with Crippen molar-refractivity contribution in [2.45, 2.75) is 25.7 Å². The van der Waals surface area contributed by atoms with Gasteiger partial charge < -0.3 is 15.5 Å². The van der Waals surface area contributed by atoms with E-state index < -0.39 is 0 Å². The number of nitrogens with one attached hydrogen (secondary N) is 2. The fourth-order valence-corrected chi connectivity index (χ4v) is 3.90. The summed E-state index contributed by atoms with van der Waals surface area (Å²) in [6.07, 6.45) is 6.14. The van der Waals surface area contributed by atoms with E-state index in [1.807, 2.05) is 12.1 Å². The maximum atomic E-state index is 5.80. The molecule has 3 heterocycles. The Kier molecular flexibility index (Phi) is 7.08. The van der Waals surface area contributed by atoms with Gasteiger partial charge in [-0.1, -0.05) is 17.7 Å². The van der Waals surface area contributed by atoms with Gasteiger partial charge in [0.25, 0.3) is 0 Å². The Hall–Kier alpha value is -1.86. The maximum Gasteiger partial charge on any atom is 0.190 e. The largest absolute Gasteiger partial charge is 0.356 e.